The second kappa shape index (κ2) is 7.51. The number of likely N-dealkylation sites (tertiary alicyclic amines) is 2. The van der Waals surface area contributed by atoms with E-state index in [4.69, 9.17) is 0 Å². The molecule has 0 aromatic carbocycles. The number of nitrogens with zero attached hydrogens (tertiary/aromatic N) is 4. The van der Waals surface area contributed by atoms with Gasteiger partial charge >= 0.3 is 0 Å². The van der Waals surface area contributed by atoms with Crippen LogP contribution in [0.15, 0.2) is 12.4 Å². The maximum absolute atomic E-state index is 4.42. The lowest BCUT2D eigenvalue weighted by Gasteiger charge is -2.37. The molecule has 0 amide bonds. The highest BCUT2D eigenvalue weighted by molar-refractivity contribution is 5.06. The van der Waals surface area contributed by atoms with Crippen LogP contribution < -0.4 is 0 Å². The molecule has 0 spiro atoms. The monoisotopic (exact) mass is 302 g/mol. The van der Waals surface area contributed by atoms with E-state index in [9.17, 15) is 0 Å². The molecule has 2 saturated heterocycles. The second-order valence-corrected chi connectivity index (χ2v) is 7.38. The molecule has 3 heterocycles. The maximum atomic E-state index is 4.42. The summed E-state index contributed by atoms with van der Waals surface area (Å²) in [6.07, 6.45) is 7.19. The fourth-order valence-electron chi connectivity index (χ4n) is 3.88. The predicted octanol–water partition coefficient (Wildman–Crippen LogP) is 2.73. The Morgan fingerprint density at radius 2 is 1.91 bits per heavy atom. The van der Waals surface area contributed by atoms with Gasteiger partial charge in [-0.25, -0.2) is 9.97 Å². The Labute approximate surface area is 134 Å². The van der Waals surface area contributed by atoms with E-state index in [1.54, 1.807) is 6.33 Å². The van der Waals surface area contributed by atoms with Crippen LogP contribution in [0.1, 0.15) is 44.0 Å². The Balaban J connectivity index is 1.49. The third-order valence-electron chi connectivity index (χ3n) is 5.24. The molecule has 0 N–H and O–H groups in total. The summed E-state index contributed by atoms with van der Waals surface area (Å²) in [7, 11) is 0. The van der Waals surface area contributed by atoms with Crippen LogP contribution >= 0.6 is 0 Å². The molecule has 1 atom stereocenters. The van der Waals surface area contributed by atoms with Crippen molar-refractivity contribution in [2.24, 2.45) is 11.8 Å². The van der Waals surface area contributed by atoms with Crippen LogP contribution in [0.25, 0.3) is 0 Å². The molecule has 1 aromatic heterocycles. The fourth-order valence-corrected chi connectivity index (χ4v) is 3.88. The van der Waals surface area contributed by atoms with E-state index in [-0.39, 0.29) is 0 Å². The smallest absolute Gasteiger partial charge is 0.115 e. The van der Waals surface area contributed by atoms with Gasteiger partial charge in [-0.15, -0.1) is 0 Å². The summed E-state index contributed by atoms with van der Waals surface area (Å²) in [6.45, 7) is 11.8. The molecule has 4 heteroatoms. The highest BCUT2D eigenvalue weighted by Crippen LogP contribution is 2.22. The average Bonchev–Trinajstić information content (AvgIpc) is 2.50. The van der Waals surface area contributed by atoms with E-state index < -0.39 is 0 Å². The van der Waals surface area contributed by atoms with E-state index in [0.29, 0.717) is 0 Å². The zero-order valence-electron chi connectivity index (χ0n) is 14.2. The molecule has 0 radical (unpaired) electrons. The van der Waals surface area contributed by atoms with Gasteiger partial charge in [0.1, 0.15) is 6.33 Å². The molecule has 2 aliphatic rings. The summed E-state index contributed by atoms with van der Waals surface area (Å²) in [4.78, 5) is 13.9. The Kier molecular flexibility index (Phi) is 5.42. The van der Waals surface area contributed by atoms with Gasteiger partial charge in [-0.1, -0.05) is 6.92 Å². The molecule has 22 heavy (non-hydrogen) atoms. The van der Waals surface area contributed by atoms with Gasteiger partial charge in [-0.2, -0.15) is 0 Å². The first-order valence-corrected chi connectivity index (χ1v) is 8.91. The third-order valence-corrected chi connectivity index (χ3v) is 5.24. The van der Waals surface area contributed by atoms with Crippen molar-refractivity contribution in [3.8, 4) is 0 Å². The molecule has 2 aliphatic heterocycles. The Hall–Kier alpha value is -1.00. The molecule has 1 aromatic rings. The van der Waals surface area contributed by atoms with Crippen LogP contribution in [0.5, 0.6) is 0 Å². The van der Waals surface area contributed by atoms with Crippen molar-refractivity contribution in [3.05, 3.63) is 23.8 Å². The first-order chi connectivity index (χ1) is 10.7. The number of rotatable bonds is 4. The molecule has 122 valence electrons. The molecule has 0 aliphatic carbocycles. The van der Waals surface area contributed by atoms with Crippen LogP contribution in [-0.2, 0) is 6.54 Å². The standard InChI is InChI=1S/C18H30N4/c1-15-5-8-21(9-6-15)11-17-4-3-7-22(12-17)13-18-10-16(2)19-14-20-18/h10,14-15,17H,3-9,11-13H2,1-2H3. The van der Waals surface area contributed by atoms with Crippen molar-refractivity contribution in [2.75, 3.05) is 32.7 Å². The predicted molar refractivity (Wildman–Crippen MR) is 89.6 cm³/mol. The van der Waals surface area contributed by atoms with E-state index in [1.165, 1.54) is 64.1 Å². The van der Waals surface area contributed by atoms with Crippen LogP contribution in [0, 0.1) is 18.8 Å². The molecule has 2 fully saturated rings. The summed E-state index contributed by atoms with van der Waals surface area (Å²) in [5, 5.41) is 0. The highest BCUT2D eigenvalue weighted by atomic mass is 15.2. The summed E-state index contributed by atoms with van der Waals surface area (Å²) in [6, 6.07) is 2.12. The summed E-state index contributed by atoms with van der Waals surface area (Å²) in [5.74, 6) is 1.77. The molecule has 4 nitrogen and oxygen atoms in total. The number of hydrogen-bond donors (Lipinski definition) is 0. The molecular formula is C18H30N4. The average molecular weight is 302 g/mol. The van der Waals surface area contributed by atoms with Gasteiger partial charge in [0.25, 0.3) is 0 Å². The Morgan fingerprint density at radius 1 is 1.09 bits per heavy atom. The molecule has 1 unspecified atom stereocenters. The molecular weight excluding hydrogens is 272 g/mol. The van der Waals surface area contributed by atoms with Crippen molar-refractivity contribution >= 4 is 0 Å². The fraction of sp³-hybridized carbons (Fsp3) is 0.778. The third kappa shape index (κ3) is 4.50. The van der Waals surface area contributed by atoms with Crippen LogP contribution in [-0.4, -0.2) is 52.5 Å². The molecule has 0 bridgehead atoms. The van der Waals surface area contributed by atoms with Gasteiger partial charge in [0.15, 0.2) is 0 Å². The van der Waals surface area contributed by atoms with Crippen LogP contribution in [0.3, 0.4) is 0 Å². The highest BCUT2D eigenvalue weighted by Gasteiger charge is 2.24. The summed E-state index contributed by atoms with van der Waals surface area (Å²) < 4.78 is 0. The van der Waals surface area contributed by atoms with Gasteiger partial charge < -0.3 is 4.90 Å². The van der Waals surface area contributed by atoms with Gasteiger partial charge in [0, 0.05) is 25.3 Å². The van der Waals surface area contributed by atoms with Gasteiger partial charge in [-0.05, 0) is 70.1 Å². The SMILES string of the molecule is Cc1cc(CN2CCCC(CN3CCC(C)CC3)C2)ncn1. The van der Waals surface area contributed by atoms with E-state index in [1.807, 2.05) is 6.92 Å². The van der Waals surface area contributed by atoms with Crippen molar-refractivity contribution in [2.45, 2.75) is 46.1 Å². The Morgan fingerprint density at radius 3 is 2.68 bits per heavy atom. The van der Waals surface area contributed by atoms with Gasteiger partial charge in [0.2, 0.25) is 0 Å². The quantitative estimate of drug-likeness (QED) is 0.856. The summed E-state index contributed by atoms with van der Waals surface area (Å²) >= 11 is 0. The largest absolute Gasteiger partial charge is 0.303 e. The minimum atomic E-state index is 0.838. The minimum absolute atomic E-state index is 0.838. The van der Waals surface area contributed by atoms with Crippen LogP contribution in [0.4, 0.5) is 0 Å². The van der Waals surface area contributed by atoms with Crippen molar-refractivity contribution < 1.29 is 0 Å². The maximum Gasteiger partial charge on any atom is 0.115 e. The van der Waals surface area contributed by atoms with Gasteiger partial charge in [0.05, 0.1) is 5.69 Å². The number of aromatic nitrogens is 2. The zero-order chi connectivity index (χ0) is 15.4. The summed E-state index contributed by atoms with van der Waals surface area (Å²) in [5.41, 5.74) is 2.24. The first-order valence-electron chi connectivity index (χ1n) is 8.91. The van der Waals surface area contributed by atoms with E-state index in [2.05, 4.69) is 32.8 Å². The van der Waals surface area contributed by atoms with Gasteiger partial charge in [-0.3, -0.25) is 4.90 Å². The first kappa shape index (κ1) is 15.9. The normalized spacial score (nSPS) is 25.5. The minimum Gasteiger partial charge on any atom is -0.303 e. The number of aryl methyl sites for hydroxylation is 1. The zero-order valence-corrected chi connectivity index (χ0v) is 14.2. The molecule has 0 saturated carbocycles. The lowest BCUT2D eigenvalue weighted by atomic mass is 9.94. The Bertz CT molecular complexity index is 468. The molecule has 3 rings (SSSR count). The topological polar surface area (TPSA) is 32.3 Å². The van der Waals surface area contributed by atoms with Crippen molar-refractivity contribution in [1.29, 1.82) is 0 Å². The van der Waals surface area contributed by atoms with E-state index in [0.717, 1.165) is 24.1 Å². The second-order valence-electron chi connectivity index (χ2n) is 7.38. The lowest BCUT2D eigenvalue weighted by molar-refractivity contribution is 0.108. The number of hydrogen-bond acceptors (Lipinski definition) is 4. The number of piperidine rings is 2. The van der Waals surface area contributed by atoms with Crippen molar-refractivity contribution in [3.63, 3.8) is 0 Å². The van der Waals surface area contributed by atoms with Crippen molar-refractivity contribution in [1.82, 2.24) is 19.8 Å². The van der Waals surface area contributed by atoms with Crippen LogP contribution in [0.2, 0.25) is 0 Å². The van der Waals surface area contributed by atoms with E-state index >= 15 is 0 Å². The lowest BCUT2D eigenvalue weighted by Crippen LogP contribution is -2.43.